The smallest absolute Gasteiger partial charge is 0.273 e. The van der Waals surface area contributed by atoms with E-state index in [0.717, 1.165) is 17.6 Å². The summed E-state index contributed by atoms with van der Waals surface area (Å²) in [6, 6.07) is 4.01. The highest BCUT2D eigenvalue weighted by atomic mass is 79.9. The summed E-state index contributed by atoms with van der Waals surface area (Å²) >= 11 is 3.32. The van der Waals surface area contributed by atoms with Gasteiger partial charge in [-0.25, -0.2) is 4.98 Å². The van der Waals surface area contributed by atoms with Gasteiger partial charge in [-0.1, -0.05) is 0 Å². The van der Waals surface area contributed by atoms with E-state index in [-0.39, 0.29) is 18.0 Å². The molecule has 1 aliphatic heterocycles. The number of carbonyl (C=O) groups is 1. The maximum Gasteiger partial charge on any atom is 0.273 e. The second-order valence-corrected chi connectivity index (χ2v) is 5.35. The van der Waals surface area contributed by atoms with E-state index in [0.29, 0.717) is 5.69 Å². The molecule has 1 amide bonds. The Labute approximate surface area is 110 Å². The summed E-state index contributed by atoms with van der Waals surface area (Å²) in [4.78, 5) is 18.4. The molecule has 1 aromatic heterocycles. The van der Waals surface area contributed by atoms with Crippen LogP contribution in [-0.2, 0) is 0 Å². The molecule has 0 aliphatic carbocycles. The molecule has 0 radical (unpaired) electrons. The van der Waals surface area contributed by atoms with Gasteiger partial charge in [0.05, 0.1) is 0 Å². The van der Waals surface area contributed by atoms with Crippen molar-refractivity contribution < 1.29 is 4.79 Å². The van der Waals surface area contributed by atoms with Gasteiger partial charge < -0.3 is 10.2 Å². The average molecular weight is 298 g/mol. The fourth-order valence-electron chi connectivity index (χ4n) is 2.17. The minimum atomic E-state index is 0.0130. The summed E-state index contributed by atoms with van der Waals surface area (Å²) in [6.07, 6.45) is 1.66. The normalized spacial score (nSPS) is 24.8. The third kappa shape index (κ3) is 2.66. The van der Waals surface area contributed by atoms with Crippen LogP contribution in [0.5, 0.6) is 0 Å². The van der Waals surface area contributed by atoms with E-state index in [4.69, 9.17) is 0 Å². The van der Waals surface area contributed by atoms with Crippen molar-refractivity contribution in [3.8, 4) is 0 Å². The van der Waals surface area contributed by atoms with E-state index in [2.05, 4.69) is 40.1 Å². The number of nitrogens with one attached hydrogen (secondary N) is 1. The van der Waals surface area contributed by atoms with Gasteiger partial charge in [-0.2, -0.15) is 0 Å². The number of amides is 1. The third-order valence-electron chi connectivity index (χ3n) is 3.01. The second kappa shape index (κ2) is 5.14. The summed E-state index contributed by atoms with van der Waals surface area (Å²) in [5.41, 5.74) is 0.508. The van der Waals surface area contributed by atoms with Crippen LogP contribution >= 0.6 is 15.9 Å². The first-order valence-electron chi connectivity index (χ1n) is 5.74. The number of piperazine rings is 1. The zero-order chi connectivity index (χ0) is 12.4. The molecule has 1 fully saturated rings. The first-order valence-corrected chi connectivity index (χ1v) is 6.54. The van der Waals surface area contributed by atoms with E-state index in [1.54, 1.807) is 12.3 Å². The van der Waals surface area contributed by atoms with Crippen molar-refractivity contribution in [2.24, 2.45) is 0 Å². The second-order valence-electron chi connectivity index (χ2n) is 4.43. The van der Waals surface area contributed by atoms with Gasteiger partial charge in [-0.3, -0.25) is 4.79 Å². The Kier molecular flexibility index (Phi) is 3.79. The van der Waals surface area contributed by atoms with Crippen LogP contribution in [0.15, 0.2) is 22.8 Å². The lowest BCUT2D eigenvalue weighted by Gasteiger charge is -2.39. The van der Waals surface area contributed by atoms with Gasteiger partial charge in [0.25, 0.3) is 5.91 Å². The fraction of sp³-hybridized carbons (Fsp3) is 0.500. The molecule has 2 heterocycles. The predicted molar refractivity (Wildman–Crippen MR) is 69.9 cm³/mol. The van der Waals surface area contributed by atoms with Crippen molar-refractivity contribution in [2.45, 2.75) is 25.9 Å². The zero-order valence-corrected chi connectivity index (χ0v) is 11.6. The molecule has 92 valence electrons. The first kappa shape index (κ1) is 12.5. The standard InChI is InChI=1S/C12H16BrN3O/c1-8-5-14-6-9(2)16(8)12(17)11-4-3-10(13)7-15-11/h3-4,7-9,14H,5-6H2,1-2H3. The van der Waals surface area contributed by atoms with Crippen molar-refractivity contribution in [2.75, 3.05) is 13.1 Å². The summed E-state index contributed by atoms with van der Waals surface area (Å²) in [7, 11) is 0. The van der Waals surface area contributed by atoms with E-state index in [1.807, 2.05) is 11.0 Å². The molecule has 2 unspecified atom stereocenters. The van der Waals surface area contributed by atoms with Crippen LogP contribution in [0.25, 0.3) is 0 Å². The SMILES string of the molecule is CC1CNCC(C)N1C(=O)c1ccc(Br)cn1. The quantitative estimate of drug-likeness (QED) is 0.858. The minimum absolute atomic E-state index is 0.0130. The Bertz CT molecular complexity index is 397. The van der Waals surface area contributed by atoms with Gasteiger partial charge in [-0.05, 0) is 41.9 Å². The van der Waals surface area contributed by atoms with E-state index in [9.17, 15) is 4.79 Å². The Morgan fingerprint density at radius 3 is 2.59 bits per heavy atom. The molecule has 1 N–H and O–H groups in total. The van der Waals surface area contributed by atoms with E-state index in [1.165, 1.54) is 0 Å². The largest absolute Gasteiger partial charge is 0.329 e. The van der Waals surface area contributed by atoms with Crippen LogP contribution in [0.3, 0.4) is 0 Å². The number of pyridine rings is 1. The number of rotatable bonds is 1. The molecule has 0 bridgehead atoms. The van der Waals surface area contributed by atoms with Gasteiger partial charge in [0.15, 0.2) is 0 Å². The Morgan fingerprint density at radius 1 is 1.41 bits per heavy atom. The maximum atomic E-state index is 12.4. The Morgan fingerprint density at radius 2 is 2.06 bits per heavy atom. The third-order valence-corrected chi connectivity index (χ3v) is 3.48. The van der Waals surface area contributed by atoms with Gasteiger partial charge in [0.1, 0.15) is 5.69 Å². The van der Waals surface area contributed by atoms with Crippen LogP contribution in [0.4, 0.5) is 0 Å². The van der Waals surface area contributed by atoms with Gasteiger partial charge in [-0.15, -0.1) is 0 Å². The van der Waals surface area contributed by atoms with Gasteiger partial charge in [0.2, 0.25) is 0 Å². The van der Waals surface area contributed by atoms with Crippen LogP contribution in [-0.4, -0.2) is 41.0 Å². The molecule has 17 heavy (non-hydrogen) atoms. The molecule has 0 saturated carbocycles. The molecular formula is C12H16BrN3O. The van der Waals surface area contributed by atoms with Crippen molar-refractivity contribution in [3.63, 3.8) is 0 Å². The first-order chi connectivity index (χ1) is 8.09. The summed E-state index contributed by atoms with van der Waals surface area (Å²) in [5.74, 6) is 0.0130. The molecule has 1 saturated heterocycles. The number of hydrogen-bond donors (Lipinski definition) is 1. The Hall–Kier alpha value is -0.940. The Balaban J connectivity index is 2.20. The zero-order valence-electron chi connectivity index (χ0n) is 9.98. The molecule has 1 aromatic rings. The van der Waals surface area contributed by atoms with Crippen molar-refractivity contribution in [1.82, 2.24) is 15.2 Å². The van der Waals surface area contributed by atoms with Crippen molar-refractivity contribution in [3.05, 3.63) is 28.5 Å². The number of carbonyl (C=O) groups excluding carboxylic acids is 1. The molecule has 0 aromatic carbocycles. The number of halogens is 1. The van der Waals surface area contributed by atoms with Crippen LogP contribution in [0.1, 0.15) is 24.3 Å². The van der Waals surface area contributed by atoms with Crippen LogP contribution in [0.2, 0.25) is 0 Å². The molecular weight excluding hydrogens is 282 g/mol. The highest BCUT2D eigenvalue weighted by molar-refractivity contribution is 9.10. The van der Waals surface area contributed by atoms with Crippen LogP contribution in [0, 0.1) is 0 Å². The predicted octanol–water partition coefficient (Wildman–Crippen LogP) is 1.67. The molecule has 2 atom stereocenters. The minimum Gasteiger partial charge on any atom is -0.329 e. The molecule has 5 heteroatoms. The van der Waals surface area contributed by atoms with Gasteiger partial charge >= 0.3 is 0 Å². The summed E-state index contributed by atoms with van der Waals surface area (Å²) in [6.45, 7) is 5.79. The molecule has 2 rings (SSSR count). The van der Waals surface area contributed by atoms with Gasteiger partial charge in [0, 0.05) is 35.8 Å². The van der Waals surface area contributed by atoms with Crippen molar-refractivity contribution in [1.29, 1.82) is 0 Å². The topological polar surface area (TPSA) is 45.2 Å². The summed E-state index contributed by atoms with van der Waals surface area (Å²) in [5, 5.41) is 3.31. The van der Waals surface area contributed by atoms with E-state index >= 15 is 0 Å². The molecule has 0 spiro atoms. The lowest BCUT2D eigenvalue weighted by molar-refractivity contribution is 0.0538. The lowest BCUT2D eigenvalue weighted by atomic mass is 10.1. The van der Waals surface area contributed by atoms with Crippen molar-refractivity contribution >= 4 is 21.8 Å². The molecule has 1 aliphatic rings. The summed E-state index contributed by atoms with van der Waals surface area (Å²) < 4.78 is 0.885. The lowest BCUT2D eigenvalue weighted by Crippen LogP contribution is -2.57. The number of nitrogens with zero attached hydrogens (tertiary/aromatic N) is 2. The molecule has 4 nitrogen and oxygen atoms in total. The number of aromatic nitrogens is 1. The van der Waals surface area contributed by atoms with Crippen LogP contribution < -0.4 is 5.32 Å². The fourth-order valence-corrected chi connectivity index (χ4v) is 2.40. The highest BCUT2D eigenvalue weighted by Gasteiger charge is 2.29. The monoisotopic (exact) mass is 297 g/mol. The highest BCUT2D eigenvalue weighted by Crippen LogP contribution is 2.15. The maximum absolute atomic E-state index is 12.4. The average Bonchev–Trinajstić information content (AvgIpc) is 2.29. The van der Waals surface area contributed by atoms with E-state index < -0.39 is 0 Å². The number of hydrogen-bond acceptors (Lipinski definition) is 3.